The number of nitrogens with two attached hydrogens (primary N) is 1. The van der Waals surface area contributed by atoms with Gasteiger partial charge in [-0.3, -0.25) is 0 Å². The molecule has 0 aliphatic heterocycles. The summed E-state index contributed by atoms with van der Waals surface area (Å²) in [5, 5.41) is 0.768. The molecular weight excluding hydrogens is 288 g/mol. The smallest absolute Gasteiger partial charge is 0.242 e. The van der Waals surface area contributed by atoms with Crippen molar-refractivity contribution in [1.82, 2.24) is 14.7 Å². The summed E-state index contributed by atoms with van der Waals surface area (Å²) in [6.07, 6.45) is 4.39. The second-order valence-electron chi connectivity index (χ2n) is 4.06. The van der Waals surface area contributed by atoms with Crippen LogP contribution in [-0.4, -0.2) is 31.5 Å². The van der Waals surface area contributed by atoms with Crippen LogP contribution in [0.3, 0.4) is 0 Å². The van der Waals surface area contributed by atoms with Crippen LogP contribution in [-0.2, 0) is 10.0 Å². The van der Waals surface area contributed by atoms with E-state index in [0.29, 0.717) is 35.6 Å². The van der Waals surface area contributed by atoms with Crippen molar-refractivity contribution in [2.24, 2.45) is 5.73 Å². The molecule has 0 spiro atoms. The van der Waals surface area contributed by atoms with Gasteiger partial charge in [-0.05, 0) is 25.5 Å². The quantitative estimate of drug-likeness (QED) is 0.699. The molecule has 0 aliphatic rings. The van der Waals surface area contributed by atoms with E-state index in [-0.39, 0.29) is 4.90 Å². The van der Waals surface area contributed by atoms with Crippen molar-refractivity contribution in [2.45, 2.75) is 17.7 Å². The first-order valence-corrected chi connectivity index (χ1v) is 7.73. The number of pyridine rings is 1. The Bertz CT molecular complexity index is 668. The predicted molar refractivity (Wildman–Crippen MR) is 74.6 cm³/mol. The van der Waals surface area contributed by atoms with Gasteiger partial charge in [-0.1, -0.05) is 11.6 Å². The van der Waals surface area contributed by atoms with E-state index in [1.165, 1.54) is 12.4 Å². The third kappa shape index (κ3) is 3.06. The number of halogens is 1. The lowest BCUT2D eigenvalue weighted by Gasteiger charge is -2.05. The molecule has 0 bridgehead atoms. The molecule has 2 aromatic rings. The number of rotatable bonds is 6. The van der Waals surface area contributed by atoms with E-state index >= 15 is 0 Å². The minimum absolute atomic E-state index is 0.119. The lowest BCUT2D eigenvalue weighted by molar-refractivity contribution is 0.578. The largest absolute Gasteiger partial charge is 0.345 e. The molecule has 6 nitrogen and oxygen atoms in total. The molecule has 0 saturated carbocycles. The Morgan fingerprint density at radius 1 is 1.42 bits per heavy atom. The first kappa shape index (κ1) is 14.3. The van der Waals surface area contributed by atoms with Crippen LogP contribution in [0.5, 0.6) is 0 Å². The topological polar surface area (TPSA) is 101 Å². The molecular formula is C11H15ClN4O2S. The Morgan fingerprint density at radius 3 is 2.95 bits per heavy atom. The summed E-state index contributed by atoms with van der Waals surface area (Å²) in [5.74, 6) is 0. The Hall–Kier alpha value is -1.15. The second kappa shape index (κ2) is 5.87. The van der Waals surface area contributed by atoms with E-state index < -0.39 is 10.0 Å². The monoisotopic (exact) mass is 302 g/mol. The third-order valence-electron chi connectivity index (χ3n) is 2.70. The van der Waals surface area contributed by atoms with Gasteiger partial charge in [-0.2, -0.15) is 0 Å². The molecule has 8 heteroatoms. The van der Waals surface area contributed by atoms with Crippen LogP contribution >= 0.6 is 11.6 Å². The number of nitrogens with one attached hydrogen (secondary N) is 2. The van der Waals surface area contributed by atoms with Gasteiger partial charge in [0.25, 0.3) is 0 Å². The Kier molecular flexibility index (Phi) is 4.41. The second-order valence-corrected chi connectivity index (χ2v) is 6.21. The molecule has 0 radical (unpaired) electrons. The Labute approximate surface area is 116 Å². The highest BCUT2D eigenvalue weighted by molar-refractivity contribution is 7.89. The van der Waals surface area contributed by atoms with Crippen molar-refractivity contribution < 1.29 is 8.42 Å². The number of hydrogen-bond acceptors (Lipinski definition) is 4. The Balaban J connectivity index is 2.28. The zero-order valence-corrected chi connectivity index (χ0v) is 11.8. The molecule has 0 unspecified atom stereocenters. The van der Waals surface area contributed by atoms with Gasteiger partial charge >= 0.3 is 0 Å². The summed E-state index contributed by atoms with van der Waals surface area (Å²) >= 11 is 6.02. The molecule has 104 valence electrons. The van der Waals surface area contributed by atoms with Crippen molar-refractivity contribution >= 4 is 32.7 Å². The zero-order chi connectivity index (χ0) is 13.9. The molecule has 0 aliphatic carbocycles. The van der Waals surface area contributed by atoms with Crippen LogP contribution in [0.25, 0.3) is 11.0 Å². The lowest BCUT2D eigenvalue weighted by atomic mass is 10.3. The molecule has 0 fully saturated rings. The van der Waals surface area contributed by atoms with E-state index in [0.717, 1.165) is 6.42 Å². The third-order valence-corrected chi connectivity index (χ3v) is 4.50. The minimum atomic E-state index is -3.59. The fourth-order valence-corrected chi connectivity index (χ4v) is 3.32. The van der Waals surface area contributed by atoms with Gasteiger partial charge in [0.15, 0.2) is 0 Å². The van der Waals surface area contributed by atoms with Crippen molar-refractivity contribution in [1.29, 1.82) is 0 Å². The highest BCUT2D eigenvalue weighted by atomic mass is 35.5. The van der Waals surface area contributed by atoms with Gasteiger partial charge in [0.2, 0.25) is 10.0 Å². The molecule has 0 atom stereocenters. The number of sulfonamides is 1. The van der Waals surface area contributed by atoms with Crippen LogP contribution < -0.4 is 10.5 Å². The van der Waals surface area contributed by atoms with Gasteiger partial charge in [0.05, 0.1) is 10.4 Å². The van der Waals surface area contributed by atoms with Crippen LogP contribution in [0.2, 0.25) is 5.02 Å². The molecule has 2 rings (SSSR count). The van der Waals surface area contributed by atoms with Gasteiger partial charge in [0, 0.05) is 18.9 Å². The first-order chi connectivity index (χ1) is 9.06. The van der Waals surface area contributed by atoms with Gasteiger partial charge in [-0.15, -0.1) is 0 Å². The lowest BCUT2D eigenvalue weighted by Crippen LogP contribution is -2.25. The van der Waals surface area contributed by atoms with Crippen molar-refractivity contribution in [2.75, 3.05) is 13.1 Å². The summed E-state index contributed by atoms with van der Waals surface area (Å²) in [6, 6.07) is 1.56. The first-order valence-electron chi connectivity index (χ1n) is 5.87. The van der Waals surface area contributed by atoms with E-state index in [1.54, 1.807) is 6.07 Å². The highest BCUT2D eigenvalue weighted by Gasteiger charge is 2.20. The maximum Gasteiger partial charge on any atom is 0.242 e. The fraction of sp³-hybridized carbons (Fsp3) is 0.364. The van der Waals surface area contributed by atoms with Crippen molar-refractivity contribution in [3.63, 3.8) is 0 Å². The molecule has 4 N–H and O–H groups in total. The summed E-state index contributed by atoms with van der Waals surface area (Å²) in [5.41, 5.74) is 5.81. The molecule has 0 aromatic carbocycles. The number of unbranched alkanes of at least 4 members (excludes halogenated alkanes) is 1. The van der Waals surface area contributed by atoms with Crippen LogP contribution in [0.1, 0.15) is 12.8 Å². The van der Waals surface area contributed by atoms with Crippen LogP contribution in [0, 0.1) is 0 Å². The van der Waals surface area contributed by atoms with Crippen LogP contribution in [0.15, 0.2) is 23.4 Å². The van der Waals surface area contributed by atoms with Gasteiger partial charge in [-0.25, -0.2) is 18.1 Å². The predicted octanol–water partition coefficient (Wildman–Crippen LogP) is 1.23. The number of H-pyrrole nitrogens is 1. The summed E-state index contributed by atoms with van der Waals surface area (Å²) in [6.45, 7) is 0.897. The SMILES string of the molecule is NCCCCNS(=O)(=O)c1c[nH]c2nccc(Cl)c12. The molecule has 0 saturated heterocycles. The summed E-state index contributed by atoms with van der Waals surface area (Å²) < 4.78 is 26.9. The molecule has 0 amide bonds. The fourth-order valence-electron chi connectivity index (χ4n) is 1.75. The minimum Gasteiger partial charge on any atom is -0.345 e. The standard InChI is InChI=1S/C11H15ClN4O2S/c12-8-3-6-14-11-10(8)9(7-15-11)19(17,18)16-5-2-1-4-13/h3,6-7,16H,1-2,4-5,13H2,(H,14,15). The number of fused-ring (bicyclic) bond motifs is 1. The normalized spacial score (nSPS) is 12.1. The molecule has 2 aromatic heterocycles. The van der Waals surface area contributed by atoms with Crippen molar-refractivity contribution in [3.05, 3.63) is 23.5 Å². The molecule has 19 heavy (non-hydrogen) atoms. The number of aromatic nitrogens is 2. The zero-order valence-electron chi connectivity index (χ0n) is 10.2. The number of nitrogens with zero attached hydrogens (tertiary/aromatic N) is 1. The average molecular weight is 303 g/mol. The van der Waals surface area contributed by atoms with E-state index in [1.807, 2.05) is 0 Å². The maximum atomic E-state index is 12.2. The maximum absolute atomic E-state index is 12.2. The highest BCUT2D eigenvalue weighted by Crippen LogP contribution is 2.27. The van der Waals surface area contributed by atoms with E-state index in [4.69, 9.17) is 17.3 Å². The molecule has 2 heterocycles. The average Bonchev–Trinajstić information content (AvgIpc) is 2.81. The summed E-state index contributed by atoms with van der Waals surface area (Å²) in [4.78, 5) is 6.96. The van der Waals surface area contributed by atoms with E-state index in [9.17, 15) is 8.42 Å². The van der Waals surface area contributed by atoms with Crippen molar-refractivity contribution in [3.8, 4) is 0 Å². The van der Waals surface area contributed by atoms with E-state index in [2.05, 4.69) is 14.7 Å². The van der Waals surface area contributed by atoms with Gasteiger partial charge in [0.1, 0.15) is 10.5 Å². The Morgan fingerprint density at radius 2 is 2.21 bits per heavy atom. The number of aromatic amines is 1. The van der Waals surface area contributed by atoms with Gasteiger partial charge < -0.3 is 10.7 Å². The van der Waals surface area contributed by atoms with Crippen LogP contribution in [0.4, 0.5) is 0 Å². The number of hydrogen-bond donors (Lipinski definition) is 3. The summed E-state index contributed by atoms with van der Waals surface area (Å²) in [7, 11) is -3.59.